The van der Waals surface area contributed by atoms with Gasteiger partial charge in [-0.2, -0.15) is 0 Å². The van der Waals surface area contributed by atoms with Gasteiger partial charge in [0.2, 0.25) is 5.91 Å². The highest BCUT2D eigenvalue weighted by molar-refractivity contribution is 8.00. The summed E-state index contributed by atoms with van der Waals surface area (Å²) in [5.41, 5.74) is 1.29. The van der Waals surface area contributed by atoms with Crippen LogP contribution in [0.5, 0.6) is 0 Å². The Balaban J connectivity index is 1.97. The van der Waals surface area contributed by atoms with Gasteiger partial charge in [0.15, 0.2) is 0 Å². The van der Waals surface area contributed by atoms with E-state index in [2.05, 4.69) is 48.7 Å². The zero-order chi connectivity index (χ0) is 14.4. The van der Waals surface area contributed by atoms with Crippen LogP contribution >= 0.6 is 11.8 Å². The van der Waals surface area contributed by atoms with Crippen LogP contribution in [0, 0.1) is 0 Å². The summed E-state index contributed by atoms with van der Waals surface area (Å²) < 4.78 is 0. The second-order valence-electron chi connectivity index (χ2n) is 5.24. The Morgan fingerprint density at radius 2 is 2.10 bits per heavy atom. The van der Waals surface area contributed by atoms with Gasteiger partial charge in [0, 0.05) is 17.5 Å². The summed E-state index contributed by atoms with van der Waals surface area (Å²) in [5.74, 6) is 0.192. The molecule has 1 aromatic carbocycles. The molecule has 1 saturated heterocycles. The molecule has 1 aliphatic rings. The van der Waals surface area contributed by atoms with E-state index in [0.29, 0.717) is 6.04 Å². The molecule has 1 aliphatic heterocycles. The first kappa shape index (κ1) is 15.4. The molecule has 1 amide bonds. The van der Waals surface area contributed by atoms with Crippen LogP contribution in [0.15, 0.2) is 29.2 Å². The van der Waals surface area contributed by atoms with Crippen LogP contribution in [-0.4, -0.2) is 24.2 Å². The lowest BCUT2D eigenvalue weighted by molar-refractivity contribution is -0.120. The highest BCUT2D eigenvalue weighted by Crippen LogP contribution is 2.29. The Morgan fingerprint density at radius 1 is 1.35 bits per heavy atom. The van der Waals surface area contributed by atoms with Gasteiger partial charge >= 0.3 is 0 Å². The third-order valence-electron chi connectivity index (χ3n) is 3.65. The molecule has 0 bridgehead atoms. The first-order valence-corrected chi connectivity index (χ1v) is 8.36. The number of nitrogens with one attached hydrogen (secondary N) is 2. The molecule has 2 unspecified atom stereocenters. The van der Waals surface area contributed by atoms with Crippen LogP contribution in [0.25, 0.3) is 0 Å². The molecule has 1 fully saturated rings. The van der Waals surface area contributed by atoms with Crippen LogP contribution in [0.3, 0.4) is 0 Å². The second-order valence-corrected chi connectivity index (χ2v) is 6.52. The predicted molar refractivity (Wildman–Crippen MR) is 85.0 cm³/mol. The molecule has 20 heavy (non-hydrogen) atoms. The van der Waals surface area contributed by atoms with E-state index in [9.17, 15) is 4.79 Å². The van der Waals surface area contributed by atoms with Crippen LogP contribution in [-0.2, 0) is 4.79 Å². The quantitative estimate of drug-likeness (QED) is 0.876. The van der Waals surface area contributed by atoms with Crippen molar-refractivity contribution in [1.82, 2.24) is 10.6 Å². The van der Waals surface area contributed by atoms with E-state index >= 15 is 0 Å². The van der Waals surface area contributed by atoms with Gasteiger partial charge in [-0.25, -0.2) is 0 Å². The highest BCUT2D eigenvalue weighted by Gasteiger charge is 2.21. The highest BCUT2D eigenvalue weighted by atomic mass is 32.2. The van der Waals surface area contributed by atoms with Gasteiger partial charge in [0.05, 0.1) is 5.25 Å². The number of carbonyl (C=O) groups excluding carboxylic acids is 1. The molecule has 1 aromatic rings. The number of hydrogen-bond donors (Lipinski definition) is 2. The Kier molecular flexibility index (Phi) is 5.92. The maximum Gasteiger partial charge on any atom is 0.233 e. The van der Waals surface area contributed by atoms with E-state index in [1.54, 1.807) is 11.8 Å². The molecule has 0 radical (unpaired) electrons. The number of amides is 1. The number of carbonyl (C=O) groups is 1. The zero-order valence-corrected chi connectivity index (χ0v) is 13.1. The average molecular weight is 292 g/mol. The normalized spacial score (nSPS) is 21.1. The van der Waals surface area contributed by atoms with Gasteiger partial charge in [-0.15, -0.1) is 11.8 Å². The first-order valence-electron chi connectivity index (χ1n) is 7.48. The molecule has 110 valence electrons. The molecule has 0 aromatic heterocycles. The van der Waals surface area contributed by atoms with Crippen molar-refractivity contribution in [3.8, 4) is 0 Å². The standard InChI is InChI=1S/C16H24N2OS/c1-3-17-12(2)13-7-9-14(10-8-13)20-15-6-4-5-11-18-16(15)19/h7-10,12,15,17H,3-6,11H2,1-2H3,(H,18,19). The van der Waals surface area contributed by atoms with Gasteiger partial charge in [0.1, 0.15) is 0 Å². The maximum atomic E-state index is 11.9. The molecule has 4 heteroatoms. The summed E-state index contributed by atoms with van der Waals surface area (Å²) in [7, 11) is 0. The van der Waals surface area contributed by atoms with Gasteiger partial charge in [-0.05, 0) is 44.0 Å². The summed E-state index contributed by atoms with van der Waals surface area (Å²) in [6.07, 6.45) is 3.21. The van der Waals surface area contributed by atoms with Crippen molar-refractivity contribution in [2.45, 2.75) is 49.3 Å². The number of benzene rings is 1. The van der Waals surface area contributed by atoms with Crippen LogP contribution in [0.4, 0.5) is 0 Å². The molecule has 0 spiro atoms. The van der Waals surface area contributed by atoms with E-state index in [-0.39, 0.29) is 11.2 Å². The van der Waals surface area contributed by atoms with E-state index in [0.717, 1.165) is 32.4 Å². The fourth-order valence-electron chi connectivity index (χ4n) is 2.45. The Morgan fingerprint density at radius 3 is 2.80 bits per heavy atom. The van der Waals surface area contributed by atoms with Gasteiger partial charge < -0.3 is 10.6 Å². The van der Waals surface area contributed by atoms with Crippen LogP contribution < -0.4 is 10.6 Å². The average Bonchev–Trinajstić information content (AvgIpc) is 2.65. The summed E-state index contributed by atoms with van der Waals surface area (Å²) in [4.78, 5) is 13.1. The number of hydrogen-bond acceptors (Lipinski definition) is 3. The van der Waals surface area contributed by atoms with Crippen molar-refractivity contribution in [3.05, 3.63) is 29.8 Å². The predicted octanol–water partition coefficient (Wildman–Crippen LogP) is 3.12. The molecule has 3 nitrogen and oxygen atoms in total. The third-order valence-corrected chi connectivity index (χ3v) is 4.93. The molecule has 2 rings (SSSR count). The van der Waals surface area contributed by atoms with Crippen LogP contribution in [0.2, 0.25) is 0 Å². The van der Waals surface area contributed by atoms with E-state index in [4.69, 9.17) is 0 Å². The smallest absolute Gasteiger partial charge is 0.233 e. The van der Waals surface area contributed by atoms with Crippen molar-refractivity contribution < 1.29 is 4.79 Å². The zero-order valence-electron chi connectivity index (χ0n) is 12.3. The Labute approximate surface area is 125 Å². The summed E-state index contributed by atoms with van der Waals surface area (Å²) in [5, 5.41) is 6.46. The molecule has 0 aliphatic carbocycles. The topological polar surface area (TPSA) is 41.1 Å². The lowest BCUT2D eigenvalue weighted by Crippen LogP contribution is -2.30. The van der Waals surface area contributed by atoms with Crippen LogP contribution in [0.1, 0.15) is 44.7 Å². The van der Waals surface area contributed by atoms with E-state index < -0.39 is 0 Å². The third kappa shape index (κ3) is 4.25. The van der Waals surface area contributed by atoms with Crippen molar-refractivity contribution in [2.75, 3.05) is 13.1 Å². The minimum atomic E-state index is 0.0644. The molecule has 2 N–H and O–H groups in total. The van der Waals surface area contributed by atoms with Gasteiger partial charge in [-0.3, -0.25) is 4.79 Å². The summed E-state index contributed by atoms with van der Waals surface area (Å²) in [6.45, 7) is 6.09. The summed E-state index contributed by atoms with van der Waals surface area (Å²) in [6, 6.07) is 8.95. The monoisotopic (exact) mass is 292 g/mol. The second kappa shape index (κ2) is 7.70. The minimum Gasteiger partial charge on any atom is -0.355 e. The minimum absolute atomic E-state index is 0.0644. The first-order chi connectivity index (χ1) is 9.70. The SMILES string of the molecule is CCNC(C)c1ccc(SC2CCCCNC2=O)cc1. The van der Waals surface area contributed by atoms with Gasteiger partial charge in [-0.1, -0.05) is 25.5 Å². The van der Waals surface area contributed by atoms with E-state index in [1.165, 1.54) is 10.5 Å². The number of thioether (sulfide) groups is 1. The molecular weight excluding hydrogens is 268 g/mol. The van der Waals surface area contributed by atoms with Crippen molar-refractivity contribution in [3.63, 3.8) is 0 Å². The molecule has 0 saturated carbocycles. The van der Waals surface area contributed by atoms with Crippen molar-refractivity contribution >= 4 is 17.7 Å². The fraction of sp³-hybridized carbons (Fsp3) is 0.562. The largest absolute Gasteiger partial charge is 0.355 e. The van der Waals surface area contributed by atoms with Gasteiger partial charge in [0.25, 0.3) is 0 Å². The summed E-state index contributed by atoms with van der Waals surface area (Å²) >= 11 is 1.69. The fourth-order valence-corrected chi connectivity index (χ4v) is 3.54. The lowest BCUT2D eigenvalue weighted by Gasteiger charge is -2.15. The lowest BCUT2D eigenvalue weighted by atomic mass is 10.1. The van der Waals surface area contributed by atoms with Crippen molar-refractivity contribution in [2.24, 2.45) is 0 Å². The Hall–Kier alpha value is -1.00. The maximum absolute atomic E-state index is 11.9. The molecule has 1 heterocycles. The Bertz CT molecular complexity index is 433. The molecule has 2 atom stereocenters. The van der Waals surface area contributed by atoms with E-state index in [1.807, 2.05) is 0 Å². The van der Waals surface area contributed by atoms with Crippen molar-refractivity contribution in [1.29, 1.82) is 0 Å². The molecular formula is C16H24N2OS. The number of rotatable bonds is 5.